The molecule has 0 radical (unpaired) electrons. The zero-order chi connectivity index (χ0) is 21.0. The molecule has 0 bridgehead atoms. The molecule has 0 atom stereocenters. The average Bonchev–Trinajstić information content (AvgIpc) is 2.71. The molecule has 1 fully saturated rings. The van der Waals surface area contributed by atoms with Gasteiger partial charge in [-0.3, -0.25) is 9.59 Å². The number of aryl methyl sites for hydroxylation is 1. The first-order valence-electron chi connectivity index (χ1n) is 9.23. The van der Waals surface area contributed by atoms with Crippen molar-refractivity contribution in [2.24, 2.45) is 0 Å². The maximum Gasteiger partial charge on any atom is 0.254 e. The lowest BCUT2D eigenvalue weighted by molar-refractivity contribution is -0.132. The highest BCUT2D eigenvalue weighted by atomic mass is 35.5. The molecule has 154 valence electrons. The van der Waals surface area contributed by atoms with Gasteiger partial charge in [-0.2, -0.15) is 0 Å². The van der Waals surface area contributed by atoms with Gasteiger partial charge in [0.2, 0.25) is 5.91 Å². The molecule has 0 N–H and O–H groups in total. The summed E-state index contributed by atoms with van der Waals surface area (Å²) in [5.41, 5.74) is 1.17. The molecular formula is C21H21Cl2FN2O3. The van der Waals surface area contributed by atoms with Gasteiger partial charge in [0.15, 0.2) is 11.6 Å². The second-order valence-corrected chi connectivity index (χ2v) is 7.67. The molecular weight excluding hydrogens is 418 g/mol. The lowest BCUT2D eigenvalue weighted by Gasteiger charge is -2.35. The number of benzene rings is 2. The second kappa shape index (κ2) is 9.46. The number of amides is 2. The highest BCUT2D eigenvalue weighted by molar-refractivity contribution is 6.35. The number of piperazine rings is 1. The summed E-state index contributed by atoms with van der Waals surface area (Å²) in [5.74, 6) is -0.429. The van der Waals surface area contributed by atoms with Crippen molar-refractivity contribution in [1.82, 2.24) is 9.80 Å². The monoisotopic (exact) mass is 438 g/mol. The third kappa shape index (κ3) is 5.40. The molecule has 0 saturated carbocycles. The van der Waals surface area contributed by atoms with Gasteiger partial charge < -0.3 is 14.5 Å². The Kier molecular flexibility index (Phi) is 6.98. The van der Waals surface area contributed by atoms with E-state index in [1.165, 1.54) is 13.2 Å². The van der Waals surface area contributed by atoms with Gasteiger partial charge in [-0.25, -0.2) is 4.39 Å². The van der Waals surface area contributed by atoms with Crippen molar-refractivity contribution < 1.29 is 18.7 Å². The van der Waals surface area contributed by atoms with Crippen molar-refractivity contribution in [3.63, 3.8) is 0 Å². The van der Waals surface area contributed by atoms with E-state index in [0.717, 1.165) is 5.56 Å². The number of rotatable bonds is 5. The second-order valence-electron chi connectivity index (χ2n) is 6.80. The van der Waals surface area contributed by atoms with Crippen LogP contribution in [0.25, 0.3) is 0 Å². The Balaban J connectivity index is 1.51. The fourth-order valence-electron chi connectivity index (χ4n) is 3.29. The first-order chi connectivity index (χ1) is 13.9. The number of halogens is 3. The summed E-state index contributed by atoms with van der Waals surface area (Å²) in [6, 6.07) is 9.44. The molecule has 2 aromatic carbocycles. The lowest BCUT2D eigenvalue weighted by Crippen LogP contribution is -2.50. The van der Waals surface area contributed by atoms with Gasteiger partial charge in [0, 0.05) is 48.2 Å². The van der Waals surface area contributed by atoms with E-state index in [-0.39, 0.29) is 24.0 Å². The van der Waals surface area contributed by atoms with Crippen LogP contribution >= 0.6 is 23.2 Å². The molecule has 2 amide bonds. The zero-order valence-electron chi connectivity index (χ0n) is 16.0. The van der Waals surface area contributed by atoms with Crippen molar-refractivity contribution in [3.8, 4) is 5.75 Å². The van der Waals surface area contributed by atoms with Crippen molar-refractivity contribution in [1.29, 1.82) is 0 Å². The molecule has 5 nitrogen and oxygen atoms in total. The summed E-state index contributed by atoms with van der Waals surface area (Å²) in [6.07, 6.45) is 0.726. The molecule has 1 saturated heterocycles. The molecule has 8 heteroatoms. The van der Waals surface area contributed by atoms with E-state index < -0.39 is 5.82 Å². The van der Waals surface area contributed by atoms with Gasteiger partial charge in [0.1, 0.15) is 0 Å². The summed E-state index contributed by atoms with van der Waals surface area (Å²) >= 11 is 11.9. The Morgan fingerprint density at radius 2 is 1.62 bits per heavy atom. The van der Waals surface area contributed by atoms with Crippen molar-refractivity contribution in [2.45, 2.75) is 12.8 Å². The van der Waals surface area contributed by atoms with Crippen LogP contribution in [0.5, 0.6) is 5.75 Å². The van der Waals surface area contributed by atoms with Crippen LogP contribution in [0.1, 0.15) is 22.3 Å². The predicted octanol–water partition coefficient (Wildman–Crippen LogP) is 4.06. The van der Waals surface area contributed by atoms with E-state index >= 15 is 0 Å². The Morgan fingerprint density at radius 3 is 2.21 bits per heavy atom. The SMILES string of the molecule is COc1ccc(CCC(=O)N2CCN(C(=O)c3cc(Cl)cc(Cl)c3)CC2)cc1F. The average molecular weight is 439 g/mol. The number of methoxy groups -OCH3 is 1. The molecule has 0 aromatic heterocycles. The molecule has 2 aromatic rings. The first kappa shape index (κ1) is 21.4. The molecule has 1 aliphatic rings. The van der Waals surface area contributed by atoms with Crippen molar-refractivity contribution in [3.05, 3.63) is 63.4 Å². The Morgan fingerprint density at radius 1 is 1.00 bits per heavy atom. The number of carbonyl (C=O) groups is 2. The van der Waals surface area contributed by atoms with Crippen LogP contribution in [0.2, 0.25) is 10.0 Å². The normalized spacial score (nSPS) is 14.1. The van der Waals surface area contributed by atoms with Crippen molar-refractivity contribution in [2.75, 3.05) is 33.3 Å². The van der Waals surface area contributed by atoms with E-state index in [0.29, 0.717) is 48.2 Å². The summed E-state index contributed by atoms with van der Waals surface area (Å²) in [6.45, 7) is 1.78. The Bertz CT molecular complexity index is 895. The smallest absolute Gasteiger partial charge is 0.254 e. The standard InChI is InChI=1S/C21H21Cl2FN2O3/c1-29-19-4-2-14(10-18(19)24)3-5-20(27)25-6-8-26(9-7-25)21(28)15-11-16(22)13-17(23)12-15/h2,4,10-13H,3,5-9H2,1H3. The quantitative estimate of drug-likeness (QED) is 0.706. The third-order valence-corrected chi connectivity index (χ3v) is 5.31. The topological polar surface area (TPSA) is 49.9 Å². The molecule has 3 rings (SSSR count). The van der Waals surface area contributed by atoms with Gasteiger partial charge in [-0.05, 0) is 42.3 Å². The largest absolute Gasteiger partial charge is 0.494 e. The van der Waals surface area contributed by atoms with Crippen molar-refractivity contribution >= 4 is 35.0 Å². The Labute approximate surface area is 178 Å². The fourth-order valence-corrected chi connectivity index (χ4v) is 3.82. The van der Waals surface area contributed by atoms with Crippen LogP contribution in [-0.2, 0) is 11.2 Å². The van der Waals surface area contributed by atoms with E-state index in [9.17, 15) is 14.0 Å². The summed E-state index contributed by atoms with van der Waals surface area (Å²) < 4.78 is 18.7. The first-order valence-corrected chi connectivity index (χ1v) is 9.98. The van der Waals surface area contributed by atoms with E-state index in [1.807, 2.05) is 0 Å². The molecule has 0 aliphatic carbocycles. The van der Waals surface area contributed by atoms with Crippen LogP contribution in [0.4, 0.5) is 4.39 Å². The minimum atomic E-state index is -0.439. The molecule has 1 aliphatic heterocycles. The number of hydrogen-bond donors (Lipinski definition) is 0. The predicted molar refractivity (Wildman–Crippen MR) is 110 cm³/mol. The molecule has 29 heavy (non-hydrogen) atoms. The third-order valence-electron chi connectivity index (χ3n) is 4.87. The van der Waals surface area contributed by atoms with Crippen LogP contribution in [0.3, 0.4) is 0 Å². The van der Waals surface area contributed by atoms with Gasteiger partial charge >= 0.3 is 0 Å². The summed E-state index contributed by atoms with van der Waals surface area (Å²) in [4.78, 5) is 28.5. The fraction of sp³-hybridized carbons (Fsp3) is 0.333. The number of nitrogens with zero attached hydrogens (tertiary/aromatic N) is 2. The number of ether oxygens (including phenoxy) is 1. The Hall–Kier alpha value is -2.31. The van der Waals surface area contributed by atoms with Gasteiger partial charge in [0.05, 0.1) is 7.11 Å². The maximum atomic E-state index is 13.8. The van der Waals surface area contributed by atoms with Crippen LogP contribution in [0.15, 0.2) is 36.4 Å². The van der Waals surface area contributed by atoms with E-state index in [2.05, 4.69) is 0 Å². The van der Waals surface area contributed by atoms with E-state index in [4.69, 9.17) is 27.9 Å². The minimum Gasteiger partial charge on any atom is -0.494 e. The van der Waals surface area contributed by atoms with Crippen LogP contribution in [-0.4, -0.2) is 54.9 Å². The zero-order valence-corrected chi connectivity index (χ0v) is 17.5. The maximum absolute atomic E-state index is 13.8. The van der Waals surface area contributed by atoms with Crippen LogP contribution < -0.4 is 4.74 Å². The highest BCUT2D eigenvalue weighted by Crippen LogP contribution is 2.21. The number of hydrogen-bond acceptors (Lipinski definition) is 3. The highest BCUT2D eigenvalue weighted by Gasteiger charge is 2.25. The molecule has 0 unspecified atom stereocenters. The lowest BCUT2D eigenvalue weighted by atomic mass is 10.1. The number of carbonyl (C=O) groups excluding carboxylic acids is 2. The minimum absolute atomic E-state index is 0.0147. The van der Waals surface area contributed by atoms with Crippen LogP contribution in [0, 0.1) is 5.82 Å². The molecule has 0 spiro atoms. The van der Waals surface area contributed by atoms with Gasteiger partial charge in [0.25, 0.3) is 5.91 Å². The van der Waals surface area contributed by atoms with Gasteiger partial charge in [-0.1, -0.05) is 29.3 Å². The summed E-state index contributed by atoms with van der Waals surface area (Å²) in [5, 5.41) is 0.814. The van der Waals surface area contributed by atoms with Gasteiger partial charge in [-0.15, -0.1) is 0 Å². The summed E-state index contributed by atoms with van der Waals surface area (Å²) in [7, 11) is 1.41. The molecule has 1 heterocycles. The van der Waals surface area contributed by atoms with E-state index in [1.54, 1.807) is 40.1 Å².